The average Bonchev–Trinajstić information content (AvgIpc) is 2.80. The quantitative estimate of drug-likeness (QED) is 0.534. The second kappa shape index (κ2) is 4.42. The lowest BCUT2D eigenvalue weighted by Gasteiger charge is -2.40. The van der Waals surface area contributed by atoms with Crippen molar-refractivity contribution in [2.45, 2.75) is 31.5 Å². The monoisotopic (exact) mass is 230 g/mol. The van der Waals surface area contributed by atoms with Crippen LogP contribution in [0.2, 0.25) is 0 Å². The fraction of sp³-hybridized carbons (Fsp3) is 0.875. The topological polar surface area (TPSA) is 114 Å². The van der Waals surface area contributed by atoms with Crippen LogP contribution in [0.5, 0.6) is 0 Å². The molecule has 8 nitrogen and oxygen atoms in total. The van der Waals surface area contributed by atoms with Gasteiger partial charge < -0.3 is 20.1 Å². The van der Waals surface area contributed by atoms with Gasteiger partial charge in [0.25, 0.3) is 0 Å². The van der Waals surface area contributed by atoms with Crippen molar-refractivity contribution in [2.75, 3.05) is 6.61 Å². The molecule has 2 heterocycles. The lowest BCUT2D eigenvalue weighted by molar-refractivity contribution is -0.231. The summed E-state index contributed by atoms with van der Waals surface area (Å²) < 4.78 is 6.78. The predicted octanol–water partition coefficient (Wildman–Crippen LogP) is -2.08. The van der Waals surface area contributed by atoms with Crippen molar-refractivity contribution in [3.05, 3.63) is 6.33 Å². The summed E-state index contributed by atoms with van der Waals surface area (Å²) in [6, 6.07) is 0. The minimum absolute atomic E-state index is 0.371. The van der Waals surface area contributed by atoms with Crippen LogP contribution in [-0.4, -0.2) is 60.4 Å². The third-order valence-electron chi connectivity index (χ3n) is 2.84. The number of nitrogens with zero attached hydrogens (tertiary/aromatic N) is 4. The molecule has 1 aliphatic heterocycles. The molecule has 0 amide bonds. The Morgan fingerprint density at radius 3 is 2.69 bits per heavy atom. The molecule has 5 atom stereocenters. The molecule has 0 saturated carbocycles. The van der Waals surface area contributed by atoms with E-state index in [9.17, 15) is 10.2 Å². The summed E-state index contributed by atoms with van der Waals surface area (Å²) in [6.45, 7) is 1.34. The molecule has 0 aliphatic carbocycles. The second-order valence-corrected chi connectivity index (χ2v) is 3.88. The van der Waals surface area contributed by atoms with E-state index in [4.69, 9.17) is 9.84 Å². The van der Waals surface area contributed by atoms with E-state index < -0.39 is 24.5 Å². The van der Waals surface area contributed by atoms with E-state index in [2.05, 4.69) is 15.5 Å². The first kappa shape index (κ1) is 11.4. The maximum absolute atomic E-state index is 9.79. The SMILES string of the molecule is C[C@H]1C(n2cnnn2)O[C@H](CO)[C@H](O)[C@@H]1O. The lowest BCUT2D eigenvalue weighted by atomic mass is 9.91. The maximum Gasteiger partial charge on any atom is 0.159 e. The molecule has 2 rings (SSSR count). The largest absolute Gasteiger partial charge is 0.394 e. The van der Waals surface area contributed by atoms with Crippen LogP contribution in [0.3, 0.4) is 0 Å². The van der Waals surface area contributed by atoms with Crippen LogP contribution in [0.4, 0.5) is 0 Å². The summed E-state index contributed by atoms with van der Waals surface area (Å²) in [6.07, 6.45) is -2.15. The number of aliphatic hydroxyl groups is 3. The van der Waals surface area contributed by atoms with Gasteiger partial charge in [-0.05, 0) is 10.4 Å². The van der Waals surface area contributed by atoms with Gasteiger partial charge in [0.05, 0.1) is 12.7 Å². The van der Waals surface area contributed by atoms with E-state index in [0.29, 0.717) is 0 Å². The molecular formula is C8H14N4O4. The van der Waals surface area contributed by atoms with Gasteiger partial charge in [-0.2, -0.15) is 0 Å². The molecule has 90 valence electrons. The van der Waals surface area contributed by atoms with Gasteiger partial charge in [0.1, 0.15) is 18.5 Å². The lowest BCUT2D eigenvalue weighted by Crippen LogP contribution is -2.53. The van der Waals surface area contributed by atoms with Gasteiger partial charge in [0.2, 0.25) is 0 Å². The first-order valence-corrected chi connectivity index (χ1v) is 5.00. The van der Waals surface area contributed by atoms with Crippen molar-refractivity contribution in [3.63, 3.8) is 0 Å². The van der Waals surface area contributed by atoms with E-state index in [0.717, 1.165) is 0 Å². The third-order valence-corrected chi connectivity index (χ3v) is 2.84. The van der Waals surface area contributed by atoms with Crippen molar-refractivity contribution in [3.8, 4) is 0 Å². The van der Waals surface area contributed by atoms with Crippen molar-refractivity contribution >= 4 is 0 Å². The smallest absolute Gasteiger partial charge is 0.159 e. The molecule has 1 aromatic rings. The summed E-state index contributed by atoms with van der Waals surface area (Å²) in [5.74, 6) is -0.374. The summed E-state index contributed by atoms with van der Waals surface area (Å²) in [7, 11) is 0. The summed E-state index contributed by atoms with van der Waals surface area (Å²) in [5, 5.41) is 39.1. The molecule has 3 N–H and O–H groups in total. The molecule has 0 spiro atoms. The number of rotatable bonds is 2. The van der Waals surface area contributed by atoms with E-state index in [1.54, 1.807) is 6.92 Å². The zero-order valence-electron chi connectivity index (χ0n) is 8.71. The Bertz CT molecular complexity index is 331. The van der Waals surface area contributed by atoms with Gasteiger partial charge in [0, 0.05) is 5.92 Å². The van der Waals surface area contributed by atoms with Crippen LogP contribution in [0.25, 0.3) is 0 Å². The van der Waals surface area contributed by atoms with Gasteiger partial charge >= 0.3 is 0 Å². The second-order valence-electron chi connectivity index (χ2n) is 3.88. The number of ether oxygens (including phenoxy) is 1. The van der Waals surface area contributed by atoms with Gasteiger partial charge in [-0.3, -0.25) is 0 Å². The number of hydrogen-bond donors (Lipinski definition) is 3. The average molecular weight is 230 g/mol. The Labute approximate surface area is 91.5 Å². The minimum atomic E-state index is -1.10. The fourth-order valence-corrected chi connectivity index (χ4v) is 1.82. The Hall–Kier alpha value is -1.09. The highest BCUT2D eigenvalue weighted by Gasteiger charge is 2.43. The minimum Gasteiger partial charge on any atom is -0.394 e. The fourth-order valence-electron chi connectivity index (χ4n) is 1.82. The number of aliphatic hydroxyl groups excluding tert-OH is 3. The molecule has 1 saturated heterocycles. The first-order valence-electron chi connectivity index (χ1n) is 5.00. The predicted molar refractivity (Wildman–Crippen MR) is 50.0 cm³/mol. The van der Waals surface area contributed by atoms with Crippen LogP contribution >= 0.6 is 0 Å². The highest BCUT2D eigenvalue weighted by molar-refractivity contribution is 4.87. The van der Waals surface area contributed by atoms with Crippen LogP contribution < -0.4 is 0 Å². The molecule has 8 heteroatoms. The van der Waals surface area contributed by atoms with E-state index in [1.807, 2.05) is 0 Å². The first-order chi connectivity index (χ1) is 7.65. The van der Waals surface area contributed by atoms with Crippen molar-refractivity contribution < 1.29 is 20.1 Å². The van der Waals surface area contributed by atoms with Gasteiger partial charge in [-0.1, -0.05) is 6.92 Å². The summed E-state index contributed by atoms with van der Waals surface area (Å²) in [4.78, 5) is 0. The number of hydrogen-bond acceptors (Lipinski definition) is 7. The van der Waals surface area contributed by atoms with E-state index in [1.165, 1.54) is 11.0 Å². The normalized spacial score (nSPS) is 39.9. The summed E-state index contributed by atoms with van der Waals surface area (Å²) >= 11 is 0. The van der Waals surface area contributed by atoms with Crippen LogP contribution in [0, 0.1) is 5.92 Å². The molecule has 16 heavy (non-hydrogen) atoms. The zero-order chi connectivity index (χ0) is 11.7. The molecule has 1 aromatic heterocycles. The number of tetrazole rings is 1. The molecule has 1 unspecified atom stereocenters. The Morgan fingerprint density at radius 2 is 2.12 bits per heavy atom. The van der Waals surface area contributed by atoms with E-state index >= 15 is 0 Å². The molecule has 1 fully saturated rings. The third kappa shape index (κ3) is 1.80. The van der Waals surface area contributed by atoms with Crippen molar-refractivity contribution in [1.29, 1.82) is 0 Å². The highest BCUT2D eigenvalue weighted by Crippen LogP contribution is 2.31. The van der Waals surface area contributed by atoms with Crippen LogP contribution in [0.15, 0.2) is 6.33 Å². The standard InChI is InChI=1S/C8H14N4O4/c1-4-6(14)7(15)5(2-13)16-8(4)12-3-9-10-11-12/h3-8,13-15H,2H2,1H3/t4-,5-,6-,7+,8?/m1/s1. The molecular weight excluding hydrogens is 216 g/mol. The van der Waals surface area contributed by atoms with Crippen molar-refractivity contribution in [2.24, 2.45) is 5.92 Å². The van der Waals surface area contributed by atoms with Gasteiger partial charge in [-0.25, -0.2) is 4.68 Å². The number of aromatic nitrogens is 4. The van der Waals surface area contributed by atoms with Crippen molar-refractivity contribution in [1.82, 2.24) is 20.2 Å². The Kier molecular flexibility index (Phi) is 3.15. The maximum atomic E-state index is 9.79. The van der Waals surface area contributed by atoms with Gasteiger partial charge in [-0.15, -0.1) is 5.10 Å². The molecule has 0 bridgehead atoms. The Balaban J connectivity index is 2.20. The Morgan fingerprint density at radius 1 is 1.38 bits per heavy atom. The highest BCUT2D eigenvalue weighted by atomic mass is 16.5. The molecule has 0 aromatic carbocycles. The van der Waals surface area contributed by atoms with Crippen LogP contribution in [-0.2, 0) is 4.74 Å². The molecule has 0 radical (unpaired) electrons. The van der Waals surface area contributed by atoms with E-state index in [-0.39, 0.29) is 12.5 Å². The zero-order valence-corrected chi connectivity index (χ0v) is 8.71. The van der Waals surface area contributed by atoms with Crippen LogP contribution in [0.1, 0.15) is 13.2 Å². The van der Waals surface area contributed by atoms with Gasteiger partial charge in [0.15, 0.2) is 6.23 Å². The molecule has 1 aliphatic rings. The summed E-state index contributed by atoms with van der Waals surface area (Å²) in [5.41, 5.74) is 0.